The Morgan fingerprint density at radius 1 is 0.765 bits per heavy atom. The van der Waals surface area contributed by atoms with Gasteiger partial charge >= 0.3 is 6.36 Å². The van der Waals surface area contributed by atoms with Crippen LogP contribution in [0.3, 0.4) is 0 Å². The van der Waals surface area contributed by atoms with Crippen molar-refractivity contribution in [3.8, 4) is 5.75 Å². The second kappa shape index (κ2) is 10.8. The molecule has 1 aliphatic heterocycles. The zero-order valence-electron chi connectivity index (χ0n) is 18.2. The van der Waals surface area contributed by atoms with E-state index in [1.807, 2.05) is 24.3 Å². The molecule has 3 nitrogen and oxygen atoms in total. The molecule has 4 aromatic carbocycles. The number of benzene rings is 4. The molecule has 34 heavy (non-hydrogen) atoms. The van der Waals surface area contributed by atoms with E-state index in [2.05, 4.69) is 45.3 Å². The smallest absolute Gasteiger partial charge is 0.406 e. The number of fused-ring (bicyclic) bond motifs is 2. The summed E-state index contributed by atoms with van der Waals surface area (Å²) in [5, 5.41) is 8.01. The second-order valence-corrected chi connectivity index (χ2v) is 8.04. The molecule has 0 saturated carbocycles. The van der Waals surface area contributed by atoms with Gasteiger partial charge in [-0.05, 0) is 50.9 Å². The monoisotopic (exact) mass is 508 g/mol. The predicted molar refractivity (Wildman–Crippen MR) is 135 cm³/mol. The first kappa shape index (κ1) is 26.1. The Kier molecular flexibility index (Phi) is 8.31. The lowest BCUT2D eigenvalue weighted by atomic mass is 9.87. The predicted octanol–water partition coefficient (Wildman–Crippen LogP) is 6.73. The molecule has 4 aromatic rings. The fraction of sp³-hybridized carbons (Fsp3) is 0.231. The van der Waals surface area contributed by atoms with Gasteiger partial charge in [0.05, 0.1) is 6.04 Å². The van der Waals surface area contributed by atoms with E-state index in [1.165, 1.54) is 17.7 Å². The van der Waals surface area contributed by atoms with Gasteiger partial charge in [0.1, 0.15) is 5.75 Å². The summed E-state index contributed by atoms with van der Waals surface area (Å²) in [6.45, 7) is 3.44. The first-order valence-electron chi connectivity index (χ1n) is 10.7. The van der Waals surface area contributed by atoms with Gasteiger partial charge in [0.2, 0.25) is 0 Å². The van der Waals surface area contributed by atoms with Crippen LogP contribution >= 0.6 is 24.8 Å². The Morgan fingerprint density at radius 2 is 1.29 bits per heavy atom. The first-order valence-corrected chi connectivity index (χ1v) is 10.7. The van der Waals surface area contributed by atoms with Gasteiger partial charge in [-0.25, -0.2) is 0 Å². The van der Waals surface area contributed by atoms with Crippen LogP contribution in [0.5, 0.6) is 5.75 Å². The van der Waals surface area contributed by atoms with Gasteiger partial charge < -0.3 is 10.1 Å². The van der Waals surface area contributed by atoms with Crippen LogP contribution in [0.15, 0.2) is 78.9 Å². The number of rotatable bonds is 4. The summed E-state index contributed by atoms with van der Waals surface area (Å²) in [5.74, 6) is -0.205. The van der Waals surface area contributed by atoms with E-state index in [0.29, 0.717) is 0 Å². The van der Waals surface area contributed by atoms with Crippen LogP contribution in [0.25, 0.3) is 21.5 Å². The second-order valence-electron chi connectivity index (χ2n) is 8.04. The van der Waals surface area contributed by atoms with Crippen molar-refractivity contribution in [3.05, 3.63) is 90.0 Å². The normalized spacial score (nSPS) is 15.4. The van der Waals surface area contributed by atoms with Crippen LogP contribution in [0.2, 0.25) is 0 Å². The summed E-state index contributed by atoms with van der Waals surface area (Å²) in [4.78, 5) is 2.41. The SMILES string of the molecule is Cl.Cl.FC(F)(F)Oc1ccc([C@@H](c2c3ccccc3cc3ccccc23)N2CCNCC2)cc1. The number of halogens is 5. The minimum absolute atomic E-state index is 0. The van der Waals surface area contributed by atoms with Gasteiger partial charge in [-0.2, -0.15) is 0 Å². The molecule has 1 heterocycles. The topological polar surface area (TPSA) is 24.5 Å². The molecule has 0 amide bonds. The summed E-state index contributed by atoms with van der Waals surface area (Å²) in [6.07, 6.45) is -4.70. The molecule has 180 valence electrons. The van der Waals surface area contributed by atoms with E-state index in [1.54, 1.807) is 12.1 Å². The van der Waals surface area contributed by atoms with Crippen molar-refractivity contribution in [2.24, 2.45) is 0 Å². The van der Waals surface area contributed by atoms with Crippen LogP contribution in [0.1, 0.15) is 17.2 Å². The Morgan fingerprint density at radius 3 is 1.82 bits per heavy atom. The number of nitrogens with zero attached hydrogens (tertiary/aromatic N) is 1. The lowest BCUT2D eigenvalue weighted by molar-refractivity contribution is -0.274. The number of hydrogen-bond acceptors (Lipinski definition) is 3. The lowest BCUT2D eigenvalue weighted by Gasteiger charge is -2.37. The van der Waals surface area contributed by atoms with Gasteiger partial charge in [-0.1, -0.05) is 60.7 Å². The van der Waals surface area contributed by atoms with Crippen molar-refractivity contribution in [2.45, 2.75) is 12.4 Å². The van der Waals surface area contributed by atoms with Crippen LogP contribution in [0, 0.1) is 0 Å². The van der Waals surface area contributed by atoms with Gasteiger partial charge in [-0.15, -0.1) is 38.0 Å². The standard InChI is InChI=1S/C26H23F3N2O.2ClH/c27-26(28,29)32-21-11-9-18(10-12-21)25(31-15-13-30-14-16-31)24-22-7-3-1-5-19(22)17-20-6-2-4-8-23(20)24;;/h1-12,17,25,30H,13-16H2;2*1H/t25-;;/m0../s1. The van der Waals surface area contributed by atoms with E-state index < -0.39 is 6.36 Å². The van der Waals surface area contributed by atoms with Crippen molar-refractivity contribution in [1.29, 1.82) is 0 Å². The third kappa shape index (κ3) is 5.41. The molecule has 5 rings (SSSR count). The molecule has 1 saturated heterocycles. The fourth-order valence-corrected chi connectivity index (χ4v) is 4.70. The molecule has 0 bridgehead atoms. The Bertz CT molecular complexity index is 1190. The summed E-state index contributed by atoms with van der Waals surface area (Å²) >= 11 is 0. The van der Waals surface area contributed by atoms with Gasteiger partial charge in [0.25, 0.3) is 0 Å². The van der Waals surface area contributed by atoms with Crippen LogP contribution < -0.4 is 10.1 Å². The van der Waals surface area contributed by atoms with Crippen LogP contribution in [-0.4, -0.2) is 37.4 Å². The van der Waals surface area contributed by atoms with E-state index in [9.17, 15) is 13.2 Å². The number of alkyl halides is 3. The molecule has 0 aromatic heterocycles. The van der Waals surface area contributed by atoms with E-state index in [0.717, 1.165) is 53.3 Å². The first-order chi connectivity index (χ1) is 15.5. The zero-order chi connectivity index (χ0) is 22.1. The molecule has 1 N–H and O–H groups in total. The Balaban J connectivity index is 0.00000162. The summed E-state index contributed by atoms with van der Waals surface area (Å²) in [6, 6.07) is 25.1. The van der Waals surface area contributed by atoms with E-state index >= 15 is 0 Å². The highest BCUT2D eigenvalue weighted by Gasteiger charge is 2.32. The van der Waals surface area contributed by atoms with Crippen LogP contribution in [0.4, 0.5) is 13.2 Å². The Labute approximate surface area is 208 Å². The van der Waals surface area contributed by atoms with Crippen molar-refractivity contribution >= 4 is 46.4 Å². The maximum atomic E-state index is 12.7. The van der Waals surface area contributed by atoms with E-state index in [-0.39, 0.29) is 36.6 Å². The number of ether oxygens (including phenoxy) is 1. The largest absolute Gasteiger partial charge is 0.573 e. The molecule has 0 aliphatic carbocycles. The fourth-order valence-electron chi connectivity index (χ4n) is 4.70. The van der Waals surface area contributed by atoms with Gasteiger partial charge in [0.15, 0.2) is 0 Å². The Hall–Kier alpha value is -2.51. The summed E-state index contributed by atoms with van der Waals surface area (Å²) in [5.41, 5.74) is 2.13. The van der Waals surface area contributed by atoms with Crippen molar-refractivity contribution in [1.82, 2.24) is 10.2 Å². The molecule has 1 atom stereocenters. The highest BCUT2D eigenvalue weighted by molar-refractivity contribution is 6.03. The summed E-state index contributed by atoms with van der Waals surface area (Å²) < 4.78 is 42.1. The molecule has 1 aliphatic rings. The zero-order valence-corrected chi connectivity index (χ0v) is 19.9. The highest BCUT2D eigenvalue weighted by atomic mass is 35.5. The quantitative estimate of drug-likeness (QED) is 0.309. The van der Waals surface area contributed by atoms with Crippen molar-refractivity contribution in [2.75, 3.05) is 26.2 Å². The minimum atomic E-state index is -4.70. The average Bonchev–Trinajstić information content (AvgIpc) is 2.79. The summed E-state index contributed by atoms with van der Waals surface area (Å²) in [7, 11) is 0. The van der Waals surface area contributed by atoms with Gasteiger partial charge in [-0.3, -0.25) is 4.90 Å². The average molecular weight is 509 g/mol. The molecule has 0 unspecified atom stereocenters. The highest BCUT2D eigenvalue weighted by Crippen LogP contribution is 2.39. The lowest BCUT2D eigenvalue weighted by Crippen LogP contribution is -2.45. The molecule has 0 spiro atoms. The van der Waals surface area contributed by atoms with Crippen LogP contribution in [-0.2, 0) is 0 Å². The maximum Gasteiger partial charge on any atom is 0.573 e. The molecule has 1 fully saturated rings. The third-order valence-corrected chi connectivity index (χ3v) is 6.03. The number of hydrogen-bond donors (Lipinski definition) is 1. The minimum Gasteiger partial charge on any atom is -0.406 e. The van der Waals surface area contributed by atoms with Crippen molar-refractivity contribution < 1.29 is 17.9 Å². The van der Waals surface area contributed by atoms with Gasteiger partial charge in [0, 0.05) is 26.2 Å². The molecular weight excluding hydrogens is 484 g/mol. The number of nitrogens with one attached hydrogen (secondary N) is 1. The number of piperazine rings is 1. The molecular formula is C26H25Cl2F3N2O. The molecule has 0 radical (unpaired) electrons. The third-order valence-electron chi connectivity index (χ3n) is 6.03. The van der Waals surface area contributed by atoms with Crippen molar-refractivity contribution in [3.63, 3.8) is 0 Å². The van der Waals surface area contributed by atoms with E-state index in [4.69, 9.17) is 0 Å². The maximum absolute atomic E-state index is 12.7. The molecule has 8 heteroatoms.